The van der Waals surface area contributed by atoms with E-state index < -0.39 is 5.54 Å². The van der Waals surface area contributed by atoms with Crippen LogP contribution in [0.3, 0.4) is 0 Å². The van der Waals surface area contributed by atoms with Crippen LogP contribution in [0.1, 0.15) is 25.8 Å². The van der Waals surface area contributed by atoms with Crippen molar-refractivity contribution in [2.75, 3.05) is 21.3 Å². The largest absolute Gasteiger partial charge is 0.493 e. The highest BCUT2D eigenvalue weighted by Crippen LogP contribution is 2.39. The Bertz CT molecular complexity index is 501. The third kappa shape index (κ3) is 4.53. The van der Waals surface area contributed by atoms with Crippen LogP contribution >= 0.6 is 0 Å². The lowest BCUT2D eigenvalue weighted by Gasteiger charge is -2.26. The molecule has 1 aromatic carbocycles. The summed E-state index contributed by atoms with van der Waals surface area (Å²) in [6.07, 6.45) is 0.253. The van der Waals surface area contributed by atoms with Gasteiger partial charge in [-0.15, -0.1) is 0 Å². The molecule has 118 valence electrons. The minimum Gasteiger partial charge on any atom is -0.493 e. The number of rotatable bonds is 8. The Labute approximate surface area is 125 Å². The Balaban J connectivity index is 2.96. The van der Waals surface area contributed by atoms with E-state index in [1.165, 1.54) is 0 Å². The molecule has 0 unspecified atom stereocenters. The monoisotopic (exact) mass is 296 g/mol. The third-order valence-corrected chi connectivity index (χ3v) is 3.16. The second-order valence-electron chi connectivity index (χ2n) is 5.37. The number of hydrogen-bond donors (Lipinski definition) is 2. The molecule has 21 heavy (non-hydrogen) atoms. The number of hydrogen-bond acceptors (Lipinski definition) is 5. The molecule has 0 fully saturated rings. The van der Waals surface area contributed by atoms with E-state index in [4.69, 9.17) is 19.9 Å². The summed E-state index contributed by atoms with van der Waals surface area (Å²) in [7, 11) is 4.72. The van der Waals surface area contributed by atoms with Gasteiger partial charge in [-0.3, -0.25) is 4.79 Å². The third-order valence-electron chi connectivity index (χ3n) is 3.16. The number of amides is 1. The predicted octanol–water partition coefficient (Wildman–Crippen LogP) is 1.46. The lowest BCUT2D eigenvalue weighted by atomic mass is 9.99. The zero-order valence-electron chi connectivity index (χ0n) is 13.3. The molecule has 6 heteroatoms. The van der Waals surface area contributed by atoms with Crippen LogP contribution in [-0.4, -0.2) is 32.8 Å². The van der Waals surface area contributed by atoms with E-state index in [1.807, 2.05) is 26.0 Å². The minimum absolute atomic E-state index is 0.253. The number of nitrogens with two attached hydrogens (primary N) is 1. The van der Waals surface area contributed by atoms with Crippen LogP contribution in [0.25, 0.3) is 0 Å². The molecular formula is C15H24N2O4. The van der Waals surface area contributed by atoms with Crippen LogP contribution in [0, 0.1) is 0 Å². The van der Waals surface area contributed by atoms with Gasteiger partial charge in [-0.05, 0) is 19.9 Å². The molecular weight excluding hydrogens is 272 g/mol. The summed E-state index contributed by atoms with van der Waals surface area (Å²) in [5, 5.41) is 3.29. The average Bonchev–Trinajstić information content (AvgIpc) is 2.42. The maximum absolute atomic E-state index is 11.1. The molecule has 0 aliphatic heterocycles. The molecule has 1 aromatic rings. The predicted molar refractivity (Wildman–Crippen MR) is 80.8 cm³/mol. The first-order valence-corrected chi connectivity index (χ1v) is 6.65. The summed E-state index contributed by atoms with van der Waals surface area (Å²) in [6, 6.07) is 3.72. The van der Waals surface area contributed by atoms with E-state index in [-0.39, 0.29) is 12.3 Å². The molecule has 0 aromatic heterocycles. The van der Waals surface area contributed by atoms with Gasteiger partial charge in [0.15, 0.2) is 11.5 Å². The molecule has 6 nitrogen and oxygen atoms in total. The lowest BCUT2D eigenvalue weighted by Crippen LogP contribution is -2.42. The van der Waals surface area contributed by atoms with Crippen LogP contribution in [0.2, 0.25) is 0 Å². The number of nitrogens with one attached hydrogen (secondary N) is 1. The highest BCUT2D eigenvalue weighted by molar-refractivity contribution is 5.75. The van der Waals surface area contributed by atoms with E-state index in [2.05, 4.69) is 5.32 Å². The number of primary amides is 1. The first-order valence-electron chi connectivity index (χ1n) is 6.65. The molecule has 0 radical (unpaired) electrons. The molecule has 1 rings (SSSR count). The highest BCUT2D eigenvalue weighted by atomic mass is 16.5. The van der Waals surface area contributed by atoms with Gasteiger partial charge in [-0.2, -0.15) is 0 Å². The molecule has 0 bridgehead atoms. The Kier molecular flexibility index (Phi) is 5.84. The number of benzene rings is 1. The molecule has 0 aliphatic carbocycles. The zero-order chi connectivity index (χ0) is 16.0. The number of carbonyl (C=O) groups excluding carboxylic acids is 1. The van der Waals surface area contributed by atoms with E-state index in [9.17, 15) is 4.79 Å². The van der Waals surface area contributed by atoms with Crippen molar-refractivity contribution < 1.29 is 19.0 Å². The molecule has 0 aliphatic rings. The van der Waals surface area contributed by atoms with Gasteiger partial charge in [0.25, 0.3) is 0 Å². The number of methoxy groups -OCH3 is 3. The van der Waals surface area contributed by atoms with Crippen LogP contribution in [0.4, 0.5) is 0 Å². The van der Waals surface area contributed by atoms with Crippen molar-refractivity contribution in [3.05, 3.63) is 17.7 Å². The van der Waals surface area contributed by atoms with Gasteiger partial charge in [0.2, 0.25) is 11.7 Å². The van der Waals surface area contributed by atoms with Crippen molar-refractivity contribution in [3.8, 4) is 17.2 Å². The van der Waals surface area contributed by atoms with Gasteiger partial charge in [-0.25, -0.2) is 0 Å². The normalized spacial score (nSPS) is 11.1. The molecule has 3 N–H and O–H groups in total. The van der Waals surface area contributed by atoms with E-state index in [1.54, 1.807) is 21.3 Å². The Morgan fingerprint density at radius 2 is 1.76 bits per heavy atom. The van der Waals surface area contributed by atoms with Crippen LogP contribution in [0.5, 0.6) is 17.2 Å². The summed E-state index contributed by atoms with van der Waals surface area (Å²) in [5.74, 6) is 1.42. The fraction of sp³-hybridized carbons (Fsp3) is 0.533. The van der Waals surface area contributed by atoms with E-state index in [0.29, 0.717) is 23.8 Å². The zero-order valence-corrected chi connectivity index (χ0v) is 13.3. The highest BCUT2D eigenvalue weighted by Gasteiger charge is 2.22. The fourth-order valence-electron chi connectivity index (χ4n) is 2.13. The van der Waals surface area contributed by atoms with Crippen LogP contribution in [0.15, 0.2) is 12.1 Å². The summed E-state index contributed by atoms with van der Waals surface area (Å²) >= 11 is 0. The van der Waals surface area contributed by atoms with Gasteiger partial charge in [0, 0.05) is 24.1 Å². The first-order chi connectivity index (χ1) is 9.84. The molecule has 0 spiro atoms. The molecule has 1 amide bonds. The lowest BCUT2D eigenvalue weighted by molar-refractivity contribution is -0.119. The van der Waals surface area contributed by atoms with E-state index in [0.717, 1.165) is 5.56 Å². The van der Waals surface area contributed by atoms with Crippen molar-refractivity contribution in [2.45, 2.75) is 32.4 Å². The number of carbonyl (C=O) groups is 1. The van der Waals surface area contributed by atoms with Crippen LogP contribution < -0.4 is 25.3 Å². The van der Waals surface area contributed by atoms with Crippen LogP contribution in [-0.2, 0) is 11.3 Å². The SMILES string of the molecule is COc1ccc(CNC(C)(C)CC(N)=O)c(OC)c1OC. The first kappa shape index (κ1) is 17.1. The minimum atomic E-state index is -0.399. The van der Waals surface area contributed by atoms with Gasteiger partial charge in [-0.1, -0.05) is 6.07 Å². The van der Waals surface area contributed by atoms with Crippen molar-refractivity contribution in [3.63, 3.8) is 0 Å². The summed E-state index contributed by atoms with van der Waals surface area (Å²) in [6.45, 7) is 4.36. The topological polar surface area (TPSA) is 82.8 Å². The van der Waals surface area contributed by atoms with E-state index >= 15 is 0 Å². The maximum Gasteiger partial charge on any atom is 0.219 e. The van der Waals surface area contributed by atoms with Crippen molar-refractivity contribution >= 4 is 5.91 Å². The molecule has 0 saturated heterocycles. The molecule has 0 heterocycles. The van der Waals surface area contributed by atoms with Crippen molar-refractivity contribution in [2.24, 2.45) is 5.73 Å². The van der Waals surface area contributed by atoms with Gasteiger partial charge >= 0.3 is 0 Å². The Morgan fingerprint density at radius 1 is 1.14 bits per heavy atom. The fourth-order valence-corrected chi connectivity index (χ4v) is 2.13. The Morgan fingerprint density at radius 3 is 2.24 bits per heavy atom. The quantitative estimate of drug-likeness (QED) is 0.759. The standard InChI is InChI=1S/C15H24N2O4/c1-15(2,8-12(16)18)17-9-10-6-7-11(19-3)14(21-5)13(10)20-4/h6-7,17H,8-9H2,1-5H3,(H2,16,18). The maximum atomic E-state index is 11.1. The summed E-state index contributed by atoms with van der Waals surface area (Å²) in [5.41, 5.74) is 5.76. The summed E-state index contributed by atoms with van der Waals surface area (Å²) < 4.78 is 16.0. The summed E-state index contributed by atoms with van der Waals surface area (Å²) in [4.78, 5) is 11.1. The molecule has 0 atom stereocenters. The average molecular weight is 296 g/mol. The second-order valence-corrected chi connectivity index (χ2v) is 5.37. The van der Waals surface area contributed by atoms with Gasteiger partial charge in [0.1, 0.15) is 0 Å². The van der Waals surface area contributed by atoms with Crippen molar-refractivity contribution in [1.82, 2.24) is 5.32 Å². The molecule has 0 saturated carbocycles. The van der Waals surface area contributed by atoms with Gasteiger partial charge < -0.3 is 25.3 Å². The Hall–Kier alpha value is -1.95. The number of ether oxygens (including phenoxy) is 3. The second kappa shape index (κ2) is 7.17. The van der Waals surface area contributed by atoms with Crippen molar-refractivity contribution in [1.29, 1.82) is 0 Å². The van der Waals surface area contributed by atoms with Gasteiger partial charge in [0.05, 0.1) is 21.3 Å². The smallest absolute Gasteiger partial charge is 0.219 e.